The van der Waals surface area contributed by atoms with Crippen molar-refractivity contribution in [2.45, 2.75) is 31.8 Å². The molecule has 0 heterocycles. The molecule has 1 aromatic carbocycles. The van der Waals surface area contributed by atoms with E-state index in [0.717, 1.165) is 0 Å². The van der Waals surface area contributed by atoms with Crippen LogP contribution < -0.4 is 5.32 Å². The number of hydrogen-bond acceptors (Lipinski definition) is 3. The fraction of sp³-hybridized carbons (Fsp3) is 0.500. The Kier molecular flexibility index (Phi) is 6.02. The Labute approximate surface area is 125 Å². The van der Waals surface area contributed by atoms with Gasteiger partial charge >= 0.3 is 0 Å². The molecule has 1 N–H and O–H groups in total. The van der Waals surface area contributed by atoms with Crippen molar-refractivity contribution < 1.29 is 13.2 Å². The summed E-state index contributed by atoms with van der Waals surface area (Å²) in [5.41, 5.74) is 0.512. The normalized spacial score (nSPS) is 13.2. The monoisotopic (exact) mass is 317 g/mol. The van der Waals surface area contributed by atoms with Crippen LogP contribution >= 0.6 is 11.6 Å². The van der Waals surface area contributed by atoms with E-state index in [2.05, 4.69) is 5.32 Å². The molecule has 0 aliphatic heterocycles. The van der Waals surface area contributed by atoms with Gasteiger partial charge in [0.25, 0.3) is 0 Å². The fourth-order valence-electron chi connectivity index (χ4n) is 1.57. The van der Waals surface area contributed by atoms with E-state index >= 15 is 0 Å². The van der Waals surface area contributed by atoms with E-state index < -0.39 is 21.0 Å². The third kappa shape index (κ3) is 4.80. The summed E-state index contributed by atoms with van der Waals surface area (Å²) < 4.78 is 24.4. The molecule has 1 atom stereocenters. The Morgan fingerprint density at radius 3 is 2.40 bits per heavy atom. The highest BCUT2D eigenvalue weighted by Gasteiger charge is 2.28. The average Bonchev–Trinajstić information content (AvgIpc) is 2.37. The summed E-state index contributed by atoms with van der Waals surface area (Å²) in [6, 6.07) is 6.74. The highest BCUT2D eigenvalue weighted by atomic mass is 35.5. The lowest BCUT2D eigenvalue weighted by molar-refractivity contribution is -0.120. The second kappa shape index (κ2) is 7.09. The molecule has 1 unspecified atom stereocenters. The van der Waals surface area contributed by atoms with Gasteiger partial charge in [-0.25, -0.2) is 8.42 Å². The standard InChI is InChI=1S/C14H20ClNO3S/c1-10(2)8-16-14(17)11(3)20(18,19)9-12-6-4-5-7-13(12)15/h4-7,10-11H,8-9H2,1-3H3,(H,16,17). The molecular weight excluding hydrogens is 298 g/mol. The van der Waals surface area contributed by atoms with Crippen molar-refractivity contribution in [3.8, 4) is 0 Å². The van der Waals surface area contributed by atoms with E-state index in [9.17, 15) is 13.2 Å². The predicted octanol–water partition coefficient (Wildman–Crippen LogP) is 2.42. The van der Waals surface area contributed by atoms with Crippen LogP contribution in [0.25, 0.3) is 0 Å². The summed E-state index contributed by atoms with van der Waals surface area (Å²) in [5.74, 6) is -0.425. The van der Waals surface area contributed by atoms with Crippen molar-refractivity contribution in [3.05, 3.63) is 34.9 Å². The van der Waals surface area contributed by atoms with Crippen LogP contribution in [0.3, 0.4) is 0 Å². The zero-order valence-corrected chi connectivity index (χ0v) is 13.5. The quantitative estimate of drug-likeness (QED) is 0.876. The number of rotatable bonds is 6. The highest BCUT2D eigenvalue weighted by molar-refractivity contribution is 7.92. The van der Waals surface area contributed by atoms with Crippen LogP contribution in [-0.2, 0) is 20.4 Å². The lowest BCUT2D eigenvalue weighted by Gasteiger charge is -2.15. The van der Waals surface area contributed by atoms with E-state index in [0.29, 0.717) is 17.1 Å². The molecule has 0 saturated heterocycles. The van der Waals surface area contributed by atoms with Crippen LogP contribution in [0, 0.1) is 5.92 Å². The third-order valence-corrected chi connectivity index (χ3v) is 5.28. The Morgan fingerprint density at radius 2 is 1.85 bits per heavy atom. The second-order valence-corrected chi connectivity index (χ2v) is 7.91. The molecular formula is C14H20ClNO3S. The maximum atomic E-state index is 12.2. The van der Waals surface area contributed by atoms with Crippen molar-refractivity contribution in [1.29, 1.82) is 0 Å². The van der Waals surface area contributed by atoms with Crippen LogP contribution in [0.5, 0.6) is 0 Å². The van der Waals surface area contributed by atoms with Gasteiger partial charge in [0, 0.05) is 11.6 Å². The second-order valence-electron chi connectivity index (χ2n) is 5.18. The number of carbonyl (C=O) groups is 1. The van der Waals surface area contributed by atoms with E-state index in [4.69, 9.17) is 11.6 Å². The third-order valence-electron chi connectivity index (χ3n) is 2.91. The molecule has 112 valence electrons. The molecule has 1 rings (SSSR count). The first-order valence-electron chi connectivity index (χ1n) is 6.46. The molecule has 0 aliphatic carbocycles. The first-order valence-corrected chi connectivity index (χ1v) is 8.56. The first-order chi connectivity index (χ1) is 9.24. The maximum Gasteiger partial charge on any atom is 0.238 e. The van der Waals surface area contributed by atoms with E-state index in [1.54, 1.807) is 24.3 Å². The SMILES string of the molecule is CC(C)CNC(=O)C(C)S(=O)(=O)Cc1ccccc1Cl. The smallest absolute Gasteiger partial charge is 0.238 e. The van der Waals surface area contributed by atoms with E-state index in [-0.39, 0.29) is 11.7 Å². The van der Waals surface area contributed by atoms with E-state index in [1.165, 1.54) is 6.92 Å². The van der Waals surface area contributed by atoms with Crippen LogP contribution in [0.4, 0.5) is 0 Å². The largest absolute Gasteiger partial charge is 0.355 e. The molecule has 0 saturated carbocycles. The Morgan fingerprint density at radius 1 is 1.25 bits per heavy atom. The number of nitrogens with one attached hydrogen (secondary N) is 1. The number of carbonyl (C=O) groups excluding carboxylic acids is 1. The van der Waals surface area contributed by atoms with Crippen LogP contribution in [0.15, 0.2) is 24.3 Å². The van der Waals surface area contributed by atoms with Gasteiger partial charge in [-0.1, -0.05) is 43.6 Å². The number of hydrogen-bond donors (Lipinski definition) is 1. The lowest BCUT2D eigenvalue weighted by Crippen LogP contribution is -2.39. The Balaban J connectivity index is 2.78. The molecule has 1 aromatic rings. The van der Waals surface area contributed by atoms with Gasteiger partial charge in [-0.3, -0.25) is 4.79 Å². The Bertz CT molecular complexity index is 570. The molecule has 0 radical (unpaired) electrons. The summed E-state index contributed by atoms with van der Waals surface area (Å²) in [6.07, 6.45) is 0. The van der Waals surface area contributed by atoms with Gasteiger partial charge in [0.15, 0.2) is 9.84 Å². The highest BCUT2D eigenvalue weighted by Crippen LogP contribution is 2.19. The van der Waals surface area contributed by atoms with Gasteiger partial charge in [-0.05, 0) is 24.5 Å². The molecule has 0 aromatic heterocycles. The minimum atomic E-state index is -3.58. The van der Waals surface area contributed by atoms with Crippen LogP contribution in [-0.4, -0.2) is 26.1 Å². The first kappa shape index (κ1) is 17.0. The molecule has 0 bridgehead atoms. The molecule has 6 heteroatoms. The zero-order valence-electron chi connectivity index (χ0n) is 11.9. The topological polar surface area (TPSA) is 63.2 Å². The minimum absolute atomic E-state index is 0.233. The fourth-order valence-corrected chi connectivity index (χ4v) is 3.20. The summed E-state index contributed by atoms with van der Waals surface area (Å²) >= 11 is 5.95. The van der Waals surface area contributed by atoms with Crippen molar-refractivity contribution in [1.82, 2.24) is 5.32 Å². The minimum Gasteiger partial charge on any atom is -0.355 e. The van der Waals surface area contributed by atoms with E-state index in [1.807, 2.05) is 13.8 Å². The van der Waals surface area contributed by atoms with Gasteiger partial charge in [0.2, 0.25) is 5.91 Å². The van der Waals surface area contributed by atoms with Crippen LogP contribution in [0.2, 0.25) is 5.02 Å². The molecule has 0 spiro atoms. The summed E-state index contributed by atoms with van der Waals surface area (Å²) in [5, 5.41) is 1.95. The van der Waals surface area contributed by atoms with Crippen molar-refractivity contribution in [3.63, 3.8) is 0 Å². The Hall–Kier alpha value is -1.07. The number of amides is 1. The van der Waals surface area contributed by atoms with Gasteiger partial charge < -0.3 is 5.32 Å². The molecule has 1 amide bonds. The maximum absolute atomic E-state index is 12.2. The number of halogens is 1. The van der Waals surface area contributed by atoms with Crippen LogP contribution in [0.1, 0.15) is 26.3 Å². The summed E-state index contributed by atoms with van der Waals surface area (Å²) in [4.78, 5) is 11.8. The zero-order chi connectivity index (χ0) is 15.3. The van der Waals surface area contributed by atoms with Gasteiger partial charge in [0.1, 0.15) is 5.25 Å². The number of benzene rings is 1. The summed E-state index contributed by atoms with van der Waals surface area (Å²) in [6.45, 7) is 5.76. The van der Waals surface area contributed by atoms with Crippen molar-refractivity contribution in [2.75, 3.05) is 6.54 Å². The van der Waals surface area contributed by atoms with Crippen molar-refractivity contribution >= 4 is 27.3 Å². The average molecular weight is 318 g/mol. The van der Waals surface area contributed by atoms with Gasteiger partial charge in [-0.15, -0.1) is 0 Å². The lowest BCUT2D eigenvalue weighted by atomic mass is 10.2. The molecule has 0 aliphatic rings. The predicted molar refractivity (Wildman–Crippen MR) is 81.4 cm³/mol. The number of sulfone groups is 1. The van der Waals surface area contributed by atoms with Gasteiger partial charge in [-0.2, -0.15) is 0 Å². The molecule has 4 nitrogen and oxygen atoms in total. The summed E-state index contributed by atoms with van der Waals surface area (Å²) in [7, 11) is -3.58. The molecule has 0 fully saturated rings. The van der Waals surface area contributed by atoms with Gasteiger partial charge in [0.05, 0.1) is 5.75 Å². The van der Waals surface area contributed by atoms with Crippen molar-refractivity contribution in [2.24, 2.45) is 5.92 Å². The molecule has 20 heavy (non-hydrogen) atoms.